The normalized spacial score (nSPS) is 16.8. The number of nitrogens with one attached hydrogen (secondary N) is 1. The number of benzene rings is 1. The van der Waals surface area contributed by atoms with E-state index in [1.807, 2.05) is 0 Å². The van der Waals surface area contributed by atoms with Crippen molar-refractivity contribution < 1.29 is 0 Å². The summed E-state index contributed by atoms with van der Waals surface area (Å²) in [7, 11) is 0. The first-order valence-electron chi connectivity index (χ1n) is 7.79. The van der Waals surface area contributed by atoms with Gasteiger partial charge < -0.3 is 5.32 Å². The first-order chi connectivity index (χ1) is 9.26. The molecule has 0 saturated heterocycles. The quantitative estimate of drug-likeness (QED) is 0.769. The Balaban J connectivity index is 2.08. The van der Waals surface area contributed by atoms with Gasteiger partial charge in [-0.05, 0) is 50.4 Å². The van der Waals surface area contributed by atoms with Gasteiger partial charge in [-0.2, -0.15) is 0 Å². The third kappa shape index (κ3) is 4.05. The Kier molecular flexibility index (Phi) is 5.41. The van der Waals surface area contributed by atoms with Crippen LogP contribution in [-0.4, -0.2) is 30.6 Å². The van der Waals surface area contributed by atoms with Crippen molar-refractivity contribution in [1.82, 2.24) is 10.2 Å². The van der Waals surface area contributed by atoms with Crippen molar-refractivity contribution in [3.05, 3.63) is 35.4 Å². The van der Waals surface area contributed by atoms with Crippen LogP contribution in [0.4, 0.5) is 0 Å². The van der Waals surface area contributed by atoms with Crippen LogP contribution in [-0.2, 0) is 0 Å². The summed E-state index contributed by atoms with van der Waals surface area (Å²) in [6.45, 7) is 10.2. The summed E-state index contributed by atoms with van der Waals surface area (Å²) in [4.78, 5) is 2.64. The Hall–Kier alpha value is -0.860. The standard InChI is InChI=1S/C17H28N2/c1-4-12-18-17(13-19(5-2)15-10-11-15)16-9-7-6-8-14(16)3/h6-9,15,17-18H,4-5,10-13H2,1-3H3. The van der Waals surface area contributed by atoms with Crippen LogP contribution in [0, 0.1) is 6.92 Å². The van der Waals surface area contributed by atoms with Gasteiger partial charge in [0.05, 0.1) is 0 Å². The summed E-state index contributed by atoms with van der Waals surface area (Å²) in [5, 5.41) is 3.73. The maximum Gasteiger partial charge on any atom is 0.0452 e. The summed E-state index contributed by atoms with van der Waals surface area (Å²) in [6.07, 6.45) is 3.97. The fourth-order valence-electron chi connectivity index (χ4n) is 2.78. The summed E-state index contributed by atoms with van der Waals surface area (Å²) in [6, 6.07) is 10.1. The van der Waals surface area contributed by atoms with Crippen LogP contribution in [0.2, 0.25) is 0 Å². The minimum absolute atomic E-state index is 0.474. The molecule has 0 spiro atoms. The number of hydrogen-bond donors (Lipinski definition) is 1. The van der Waals surface area contributed by atoms with Gasteiger partial charge in [-0.25, -0.2) is 0 Å². The second kappa shape index (κ2) is 7.06. The summed E-state index contributed by atoms with van der Waals surface area (Å²) < 4.78 is 0. The monoisotopic (exact) mass is 260 g/mol. The van der Waals surface area contributed by atoms with Crippen molar-refractivity contribution >= 4 is 0 Å². The first kappa shape index (κ1) is 14.5. The zero-order valence-electron chi connectivity index (χ0n) is 12.7. The number of rotatable bonds is 8. The molecule has 1 aliphatic carbocycles. The Morgan fingerprint density at radius 1 is 1.26 bits per heavy atom. The molecule has 1 unspecified atom stereocenters. The van der Waals surface area contributed by atoms with Crippen molar-refractivity contribution in [1.29, 1.82) is 0 Å². The first-order valence-corrected chi connectivity index (χ1v) is 7.79. The number of nitrogens with zero attached hydrogens (tertiary/aromatic N) is 1. The lowest BCUT2D eigenvalue weighted by molar-refractivity contribution is 0.244. The van der Waals surface area contributed by atoms with Crippen LogP contribution in [0.25, 0.3) is 0 Å². The predicted molar refractivity (Wildman–Crippen MR) is 82.5 cm³/mol. The molecule has 1 aromatic rings. The summed E-state index contributed by atoms with van der Waals surface area (Å²) in [5.41, 5.74) is 2.87. The molecule has 1 aliphatic rings. The second-order valence-corrected chi connectivity index (χ2v) is 5.68. The molecule has 0 aliphatic heterocycles. The molecule has 0 heterocycles. The van der Waals surface area contributed by atoms with Gasteiger partial charge in [0.25, 0.3) is 0 Å². The van der Waals surface area contributed by atoms with Gasteiger partial charge >= 0.3 is 0 Å². The van der Waals surface area contributed by atoms with E-state index in [-0.39, 0.29) is 0 Å². The van der Waals surface area contributed by atoms with Crippen molar-refractivity contribution in [3.63, 3.8) is 0 Å². The lowest BCUT2D eigenvalue weighted by atomic mass is 10.0. The number of likely N-dealkylation sites (N-methyl/N-ethyl adjacent to an activating group) is 1. The molecule has 1 fully saturated rings. The Morgan fingerprint density at radius 3 is 2.58 bits per heavy atom. The van der Waals surface area contributed by atoms with Gasteiger partial charge in [0, 0.05) is 18.6 Å². The molecule has 0 aromatic heterocycles. The molecular weight excluding hydrogens is 232 g/mol. The Labute approximate surface area is 118 Å². The highest BCUT2D eigenvalue weighted by atomic mass is 15.2. The van der Waals surface area contributed by atoms with Gasteiger partial charge in [-0.1, -0.05) is 38.1 Å². The molecule has 2 heteroatoms. The van der Waals surface area contributed by atoms with Crippen LogP contribution in [0.3, 0.4) is 0 Å². The van der Waals surface area contributed by atoms with Crippen molar-refractivity contribution in [2.75, 3.05) is 19.6 Å². The zero-order valence-corrected chi connectivity index (χ0v) is 12.7. The molecule has 1 saturated carbocycles. The Bertz CT molecular complexity index is 385. The topological polar surface area (TPSA) is 15.3 Å². The van der Waals surface area contributed by atoms with E-state index in [0.717, 1.165) is 19.1 Å². The van der Waals surface area contributed by atoms with E-state index in [2.05, 4.69) is 55.3 Å². The highest BCUT2D eigenvalue weighted by molar-refractivity contribution is 5.29. The van der Waals surface area contributed by atoms with Crippen LogP contribution >= 0.6 is 0 Å². The molecule has 1 atom stereocenters. The van der Waals surface area contributed by atoms with E-state index < -0.39 is 0 Å². The van der Waals surface area contributed by atoms with Crippen LogP contribution < -0.4 is 5.32 Å². The minimum Gasteiger partial charge on any atom is -0.309 e. The molecule has 0 radical (unpaired) electrons. The van der Waals surface area contributed by atoms with Gasteiger partial charge in [0.1, 0.15) is 0 Å². The van der Waals surface area contributed by atoms with Crippen molar-refractivity contribution in [2.45, 2.75) is 52.1 Å². The third-order valence-corrected chi connectivity index (χ3v) is 4.09. The maximum absolute atomic E-state index is 3.73. The van der Waals surface area contributed by atoms with E-state index in [9.17, 15) is 0 Å². The van der Waals surface area contributed by atoms with Crippen LogP contribution in [0.1, 0.15) is 50.3 Å². The zero-order chi connectivity index (χ0) is 13.7. The lowest BCUT2D eigenvalue weighted by Crippen LogP contribution is -2.37. The Morgan fingerprint density at radius 2 is 2.00 bits per heavy atom. The third-order valence-electron chi connectivity index (χ3n) is 4.09. The van der Waals surface area contributed by atoms with Crippen LogP contribution in [0.5, 0.6) is 0 Å². The highest BCUT2D eigenvalue weighted by Gasteiger charge is 2.29. The van der Waals surface area contributed by atoms with Crippen LogP contribution in [0.15, 0.2) is 24.3 Å². The van der Waals surface area contributed by atoms with Gasteiger partial charge in [0.2, 0.25) is 0 Å². The molecule has 2 rings (SSSR count). The van der Waals surface area contributed by atoms with Gasteiger partial charge in [-0.3, -0.25) is 4.90 Å². The minimum atomic E-state index is 0.474. The van der Waals surface area contributed by atoms with Gasteiger partial charge in [0.15, 0.2) is 0 Å². The number of hydrogen-bond acceptors (Lipinski definition) is 2. The lowest BCUT2D eigenvalue weighted by Gasteiger charge is -2.28. The predicted octanol–water partition coefficient (Wildman–Crippen LogP) is 3.52. The van der Waals surface area contributed by atoms with E-state index in [1.54, 1.807) is 0 Å². The van der Waals surface area contributed by atoms with Crippen molar-refractivity contribution in [3.8, 4) is 0 Å². The average molecular weight is 260 g/mol. The molecule has 1 aromatic carbocycles. The largest absolute Gasteiger partial charge is 0.309 e. The van der Waals surface area contributed by atoms with Gasteiger partial charge in [-0.15, -0.1) is 0 Å². The maximum atomic E-state index is 3.73. The SMILES string of the molecule is CCCNC(CN(CC)C1CC1)c1ccccc1C. The fourth-order valence-corrected chi connectivity index (χ4v) is 2.78. The molecule has 1 N–H and O–H groups in total. The van der Waals surface area contributed by atoms with Crippen molar-refractivity contribution in [2.24, 2.45) is 0 Å². The number of aryl methyl sites for hydroxylation is 1. The van der Waals surface area contributed by atoms with E-state index >= 15 is 0 Å². The van der Waals surface area contributed by atoms with E-state index in [0.29, 0.717) is 6.04 Å². The summed E-state index contributed by atoms with van der Waals surface area (Å²) in [5.74, 6) is 0. The van der Waals surface area contributed by atoms with E-state index in [4.69, 9.17) is 0 Å². The second-order valence-electron chi connectivity index (χ2n) is 5.68. The highest BCUT2D eigenvalue weighted by Crippen LogP contribution is 2.29. The molecular formula is C17H28N2. The van der Waals surface area contributed by atoms with E-state index in [1.165, 1.54) is 36.9 Å². The molecule has 2 nitrogen and oxygen atoms in total. The fraction of sp³-hybridized carbons (Fsp3) is 0.647. The molecule has 0 amide bonds. The molecule has 0 bridgehead atoms. The average Bonchev–Trinajstić information content (AvgIpc) is 3.25. The molecule has 19 heavy (non-hydrogen) atoms. The smallest absolute Gasteiger partial charge is 0.0452 e. The summed E-state index contributed by atoms with van der Waals surface area (Å²) >= 11 is 0. The molecule has 106 valence electrons.